The van der Waals surface area contributed by atoms with Crippen LogP contribution in [0.1, 0.15) is 10.4 Å². The highest BCUT2D eigenvalue weighted by molar-refractivity contribution is 6.01. The summed E-state index contributed by atoms with van der Waals surface area (Å²) in [6.45, 7) is 0. The second kappa shape index (κ2) is 7.93. The zero-order valence-electron chi connectivity index (χ0n) is 15.6. The van der Waals surface area contributed by atoms with E-state index in [0.29, 0.717) is 5.56 Å². The van der Waals surface area contributed by atoms with Gasteiger partial charge in [0, 0.05) is 0 Å². The van der Waals surface area contributed by atoms with Gasteiger partial charge in [0.25, 0.3) is 0 Å². The van der Waals surface area contributed by atoms with Crippen molar-refractivity contribution < 1.29 is 9.53 Å². The van der Waals surface area contributed by atoms with E-state index in [1.807, 2.05) is 78.9 Å². The number of carbonyl (C=O) groups is 1. The zero-order chi connectivity index (χ0) is 19.3. The minimum atomic E-state index is -0.337. The first kappa shape index (κ1) is 17.7. The summed E-state index contributed by atoms with van der Waals surface area (Å²) in [4.78, 5) is 12.6. The molecule has 28 heavy (non-hydrogen) atoms. The fourth-order valence-corrected chi connectivity index (χ4v) is 3.46. The highest BCUT2D eigenvalue weighted by atomic mass is 16.5. The van der Waals surface area contributed by atoms with E-state index in [1.165, 1.54) is 7.11 Å². The summed E-state index contributed by atoms with van der Waals surface area (Å²) in [5.74, 6) is -0.337. The summed E-state index contributed by atoms with van der Waals surface area (Å²) < 4.78 is 5.10. The average Bonchev–Trinajstić information content (AvgIpc) is 2.79. The summed E-state index contributed by atoms with van der Waals surface area (Å²) in [5.41, 5.74) is 6.69. The van der Waals surface area contributed by atoms with Crippen LogP contribution in [0, 0.1) is 0 Å². The van der Waals surface area contributed by atoms with Crippen LogP contribution < -0.4 is 0 Å². The van der Waals surface area contributed by atoms with Crippen molar-refractivity contribution in [1.29, 1.82) is 0 Å². The molecule has 2 heteroatoms. The van der Waals surface area contributed by atoms with Crippen molar-refractivity contribution in [2.75, 3.05) is 7.11 Å². The molecule has 0 fully saturated rings. The Bertz CT molecular complexity index is 1100. The maximum atomic E-state index is 12.6. The van der Waals surface area contributed by atoms with Gasteiger partial charge in [-0.1, -0.05) is 97.1 Å². The first-order valence-corrected chi connectivity index (χ1v) is 9.20. The number of hydrogen-bond donors (Lipinski definition) is 0. The smallest absolute Gasteiger partial charge is 0.338 e. The molecule has 0 bridgehead atoms. The summed E-state index contributed by atoms with van der Waals surface area (Å²) in [5, 5.41) is 0. The molecule has 0 aliphatic rings. The molecule has 0 saturated carbocycles. The van der Waals surface area contributed by atoms with E-state index >= 15 is 0 Å². The molecule has 4 aromatic carbocycles. The second-order valence-electron chi connectivity index (χ2n) is 6.53. The Morgan fingerprint density at radius 3 is 1.79 bits per heavy atom. The van der Waals surface area contributed by atoms with Gasteiger partial charge in [0.05, 0.1) is 12.7 Å². The van der Waals surface area contributed by atoms with Gasteiger partial charge in [0.2, 0.25) is 0 Å². The fourth-order valence-electron chi connectivity index (χ4n) is 3.46. The summed E-state index contributed by atoms with van der Waals surface area (Å²) in [6, 6.07) is 34.4. The van der Waals surface area contributed by atoms with Crippen LogP contribution >= 0.6 is 0 Å². The van der Waals surface area contributed by atoms with Crippen molar-refractivity contribution in [2.45, 2.75) is 0 Å². The summed E-state index contributed by atoms with van der Waals surface area (Å²) in [6.07, 6.45) is 0. The monoisotopic (exact) mass is 364 g/mol. The molecule has 0 spiro atoms. The summed E-state index contributed by atoms with van der Waals surface area (Å²) in [7, 11) is 1.42. The van der Waals surface area contributed by atoms with Gasteiger partial charge >= 0.3 is 5.97 Å². The van der Waals surface area contributed by atoms with Gasteiger partial charge in [-0.2, -0.15) is 0 Å². The molecule has 0 aliphatic carbocycles. The lowest BCUT2D eigenvalue weighted by atomic mass is 9.90. The van der Waals surface area contributed by atoms with E-state index in [4.69, 9.17) is 4.74 Å². The van der Waals surface area contributed by atoms with Crippen LogP contribution in [0.15, 0.2) is 103 Å². The maximum absolute atomic E-state index is 12.6. The molecule has 0 radical (unpaired) electrons. The Balaban J connectivity index is 1.91. The Morgan fingerprint density at radius 2 is 1.14 bits per heavy atom. The zero-order valence-corrected chi connectivity index (χ0v) is 15.6. The van der Waals surface area contributed by atoms with Crippen LogP contribution in [0.4, 0.5) is 0 Å². The highest BCUT2D eigenvalue weighted by Crippen LogP contribution is 2.36. The average molecular weight is 364 g/mol. The lowest BCUT2D eigenvalue weighted by Crippen LogP contribution is -2.04. The molecule has 0 aliphatic heterocycles. The fraction of sp³-hybridized carbons (Fsp3) is 0.0385. The molecule has 4 rings (SSSR count). The van der Waals surface area contributed by atoms with E-state index < -0.39 is 0 Å². The molecule has 0 atom stereocenters. The van der Waals surface area contributed by atoms with Gasteiger partial charge in [0.15, 0.2) is 0 Å². The molecule has 4 aromatic rings. The van der Waals surface area contributed by atoms with Crippen LogP contribution in [0.5, 0.6) is 0 Å². The highest BCUT2D eigenvalue weighted by Gasteiger charge is 2.17. The van der Waals surface area contributed by atoms with Crippen molar-refractivity contribution in [1.82, 2.24) is 0 Å². The molecular weight excluding hydrogens is 344 g/mol. The van der Waals surface area contributed by atoms with Gasteiger partial charge in [0.1, 0.15) is 0 Å². The lowest BCUT2D eigenvalue weighted by Gasteiger charge is -2.15. The Morgan fingerprint density at radius 1 is 0.571 bits per heavy atom. The standard InChI is InChI=1S/C26H20O2/c1-28-26(27)25-18-21(19-10-4-2-5-11-19)16-17-24(25)23-15-9-8-14-22(23)20-12-6-3-7-13-20/h2-18H,1H3. The Kier molecular flexibility index (Phi) is 5.03. The number of ether oxygens (including phenoxy) is 1. The lowest BCUT2D eigenvalue weighted by molar-refractivity contribution is 0.0601. The number of rotatable bonds is 4. The Hall–Kier alpha value is -3.65. The first-order chi connectivity index (χ1) is 13.8. The quantitative estimate of drug-likeness (QED) is 0.388. The number of methoxy groups -OCH3 is 1. The molecule has 0 unspecified atom stereocenters. The molecule has 0 saturated heterocycles. The largest absolute Gasteiger partial charge is 0.465 e. The number of benzene rings is 4. The van der Waals surface area contributed by atoms with Gasteiger partial charge in [-0.25, -0.2) is 4.79 Å². The van der Waals surface area contributed by atoms with E-state index in [-0.39, 0.29) is 5.97 Å². The van der Waals surface area contributed by atoms with Crippen molar-refractivity contribution in [3.8, 4) is 33.4 Å². The van der Waals surface area contributed by atoms with E-state index in [1.54, 1.807) is 0 Å². The van der Waals surface area contributed by atoms with E-state index in [0.717, 1.165) is 33.4 Å². The normalized spacial score (nSPS) is 10.5. The predicted molar refractivity (Wildman–Crippen MR) is 114 cm³/mol. The topological polar surface area (TPSA) is 26.3 Å². The van der Waals surface area contributed by atoms with Crippen LogP contribution in [-0.2, 0) is 4.74 Å². The third kappa shape index (κ3) is 3.45. The van der Waals surface area contributed by atoms with Crippen molar-refractivity contribution in [3.05, 3.63) is 109 Å². The van der Waals surface area contributed by atoms with Crippen LogP contribution in [0.2, 0.25) is 0 Å². The van der Waals surface area contributed by atoms with Gasteiger partial charge in [-0.15, -0.1) is 0 Å². The van der Waals surface area contributed by atoms with Crippen LogP contribution in [0.25, 0.3) is 33.4 Å². The number of esters is 1. The van der Waals surface area contributed by atoms with E-state index in [9.17, 15) is 4.79 Å². The van der Waals surface area contributed by atoms with Gasteiger partial charge < -0.3 is 4.74 Å². The third-order valence-corrected chi connectivity index (χ3v) is 4.83. The SMILES string of the molecule is COC(=O)c1cc(-c2ccccc2)ccc1-c1ccccc1-c1ccccc1. The number of hydrogen-bond acceptors (Lipinski definition) is 2. The molecular formula is C26H20O2. The predicted octanol–water partition coefficient (Wildman–Crippen LogP) is 6.47. The molecule has 0 amide bonds. The van der Waals surface area contributed by atoms with Crippen molar-refractivity contribution in [2.24, 2.45) is 0 Å². The van der Waals surface area contributed by atoms with Gasteiger partial charge in [-0.05, 0) is 39.4 Å². The third-order valence-electron chi connectivity index (χ3n) is 4.83. The number of carbonyl (C=O) groups excluding carboxylic acids is 1. The van der Waals surface area contributed by atoms with E-state index in [2.05, 4.69) is 24.3 Å². The molecule has 136 valence electrons. The minimum Gasteiger partial charge on any atom is -0.465 e. The first-order valence-electron chi connectivity index (χ1n) is 9.20. The molecule has 0 aromatic heterocycles. The minimum absolute atomic E-state index is 0.337. The maximum Gasteiger partial charge on any atom is 0.338 e. The van der Waals surface area contributed by atoms with Gasteiger partial charge in [-0.3, -0.25) is 0 Å². The van der Waals surface area contributed by atoms with Crippen molar-refractivity contribution >= 4 is 5.97 Å². The van der Waals surface area contributed by atoms with Crippen LogP contribution in [-0.4, -0.2) is 13.1 Å². The Labute approximate surface area is 165 Å². The second-order valence-corrected chi connectivity index (χ2v) is 6.53. The van der Waals surface area contributed by atoms with Crippen molar-refractivity contribution in [3.63, 3.8) is 0 Å². The molecule has 0 N–H and O–H groups in total. The summed E-state index contributed by atoms with van der Waals surface area (Å²) >= 11 is 0. The molecule has 2 nitrogen and oxygen atoms in total. The molecule has 0 heterocycles. The van der Waals surface area contributed by atoms with Crippen LogP contribution in [0.3, 0.4) is 0 Å².